The molecule has 4 heteroatoms. The number of nitrogens with zero attached hydrogens (tertiary/aromatic N) is 1. The summed E-state index contributed by atoms with van der Waals surface area (Å²) >= 11 is 0. The molecule has 0 aromatic heterocycles. The molecule has 1 aliphatic heterocycles. The molecule has 0 N–H and O–H groups in total. The average Bonchev–Trinajstić information content (AvgIpc) is 2.28. The van der Waals surface area contributed by atoms with Gasteiger partial charge >= 0.3 is 0 Å². The highest BCUT2D eigenvalue weighted by atomic mass is 16.5. The molecule has 0 fully saturated rings. The van der Waals surface area contributed by atoms with Crippen molar-refractivity contribution >= 4 is 17.5 Å². The van der Waals surface area contributed by atoms with Crippen LogP contribution in [0.3, 0.4) is 0 Å². The third-order valence-electron chi connectivity index (χ3n) is 2.26. The lowest BCUT2D eigenvalue weighted by atomic mass is 10.2. The molecule has 4 nitrogen and oxygen atoms in total. The molecule has 0 spiro atoms. The van der Waals surface area contributed by atoms with E-state index in [-0.39, 0.29) is 18.4 Å². The highest BCUT2D eigenvalue weighted by Crippen LogP contribution is 2.31. The minimum atomic E-state index is -0.305. The Balaban J connectivity index is 2.46. The number of hydrogen-bond acceptors (Lipinski definition) is 3. The average molecular weight is 205 g/mol. The van der Waals surface area contributed by atoms with Crippen LogP contribution in [0.2, 0.25) is 0 Å². The second-order valence-corrected chi connectivity index (χ2v) is 3.23. The Bertz CT molecular complexity index is 414. The predicted octanol–water partition coefficient (Wildman–Crippen LogP) is 1.35. The van der Waals surface area contributed by atoms with Gasteiger partial charge in [0, 0.05) is 6.42 Å². The molecule has 0 radical (unpaired) electrons. The van der Waals surface area contributed by atoms with E-state index in [1.807, 2.05) is 6.07 Å². The second kappa shape index (κ2) is 3.73. The normalized spacial score (nSPS) is 14.5. The number of imide groups is 1. The summed E-state index contributed by atoms with van der Waals surface area (Å²) in [6, 6.07) is 7.04. The lowest BCUT2D eigenvalue weighted by Gasteiger charge is -2.27. The van der Waals surface area contributed by atoms with Crippen LogP contribution in [0.1, 0.15) is 13.3 Å². The smallest absolute Gasteiger partial charge is 0.271 e. The van der Waals surface area contributed by atoms with Gasteiger partial charge in [-0.1, -0.05) is 19.1 Å². The maximum Gasteiger partial charge on any atom is 0.271 e. The largest absolute Gasteiger partial charge is 0.482 e. The van der Waals surface area contributed by atoms with E-state index in [4.69, 9.17) is 4.74 Å². The highest BCUT2D eigenvalue weighted by Gasteiger charge is 2.29. The second-order valence-electron chi connectivity index (χ2n) is 3.23. The zero-order chi connectivity index (χ0) is 10.8. The highest BCUT2D eigenvalue weighted by molar-refractivity contribution is 6.17. The molecule has 0 unspecified atom stereocenters. The number of benzene rings is 1. The number of amides is 2. The van der Waals surface area contributed by atoms with Crippen molar-refractivity contribution in [1.82, 2.24) is 0 Å². The molecule has 1 aliphatic rings. The minimum Gasteiger partial charge on any atom is -0.482 e. The van der Waals surface area contributed by atoms with E-state index in [0.29, 0.717) is 17.9 Å². The summed E-state index contributed by atoms with van der Waals surface area (Å²) in [7, 11) is 0. The van der Waals surface area contributed by atoms with Gasteiger partial charge in [-0.25, -0.2) is 4.90 Å². The van der Waals surface area contributed by atoms with Crippen LogP contribution >= 0.6 is 0 Å². The van der Waals surface area contributed by atoms with Crippen molar-refractivity contribution in [3.05, 3.63) is 24.3 Å². The Morgan fingerprint density at radius 2 is 2.20 bits per heavy atom. The van der Waals surface area contributed by atoms with Crippen LogP contribution in [0.5, 0.6) is 5.75 Å². The van der Waals surface area contributed by atoms with Crippen molar-refractivity contribution in [2.45, 2.75) is 13.3 Å². The third-order valence-corrected chi connectivity index (χ3v) is 2.26. The van der Waals surface area contributed by atoms with Crippen molar-refractivity contribution < 1.29 is 14.3 Å². The van der Waals surface area contributed by atoms with Crippen LogP contribution in [0.25, 0.3) is 0 Å². The summed E-state index contributed by atoms with van der Waals surface area (Å²) in [6.07, 6.45) is 0.306. The van der Waals surface area contributed by atoms with Gasteiger partial charge in [0.05, 0.1) is 5.69 Å². The first-order chi connectivity index (χ1) is 7.24. The van der Waals surface area contributed by atoms with Gasteiger partial charge < -0.3 is 4.74 Å². The van der Waals surface area contributed by atoms with E-state index in [2.05, 4.69) is 0 Å². The fourth-order valence-corrected chi connectivity index (χ4v) is 1.53. The monoisotopic (exact) mass is 205 g/mol. The Hall–Kier alpha value is -1.84. The van der Waals surface area contributed by atoms with Crippen LogP contribution in [0.4, 0.5) is 5.69 Å². The molecule has 0 aliphatic carbocycles. The summed E-state index contributed by atoms with van der Waals surface area (Å²) in [6.45, 7) is 1.66. The summed E-state index contributed by atoms with van der Waals surface area (Å²) < 4.78 is 5.22. The zero-order valence-electron chi connectivity index (χ0n) is 8.40. The first kappa shape index (κ1) is 9.71. The van der Waals surface area contributed by atoms with E-state index >= 15 is 0 Å². The fourth-order valence-electron chi connectivity index (χ4n) is 1.53. The van der Waals surface area contributed by atoms with Gasteiger partial charge in [-0.2, -0.15) is 0 Å². The van der Waals surface area contributed by atoms with Crippen molar-refractivity contribution in [3.63, 3.8) is 0 Å². The van der Waals surface area contributed by atoms with Crippen molar-refractivity contribution in [3.8, 4) is 5.75 Å². The quantitative estimate of drug-likeness (QED) is 0.695. The Morgan fingerprint density at radius 3 is 2.93 bits per heavy atom. The third kappa shape index (κ3) is 1.58. The van der Waals surface area contributed by atoms with Crippen molar-refractivity contribution in [2.75, 3.05) is 11.5 Å². The summed E-state index contributed by atoms with van der Waals surface area (Å²) in [5, 5.41) is 0. The Morgan fingerprint density at radius 1 is 1.47 bits per heavy atom. The van der Waals surface area contributed by atoms with Crippen molar-refractivity contribution in [2.24, 2.45) is 0 Å². The van der Waals surface area contributed by atoms with E-state index in [1.54, 1.807) is 25.1 Å². The van der Waals surface area contributed by atoms with Gasteiger partial charge in [-0.15, -0.1) is 0 Å². The van der Waals surface area contributed by atoms with E-state index in [1.165, 1.54) is 4.90 Å². The number of carbonyl (C=O) groups is 2. The molecular weight excluding hydrogens is 194 g/mol. The SMILES string of the molecule is CCC(=O)N1C(=O)COc2ccccc21. The number of ether oxygens (including phenoxy) is 1. The lowest BCUT2D eigenvalue weighted by Crippen LogP contribution is -2.42. The number of rotatable bonds is 1. The van der Waals surface area contributed by atoms with E-state index in [9.17, 15) is 9.59 Å². The van der Waals surface area contributed by atoms with Crippen molar-refractivity contribution in [1.29, 1.82) is 0 Å². The first-order valence-corrected chi connectivity index (χ1v) is 4.81. The molecule has 1 aromatic carbocycles. The molecule has 2 rings (SSSR count). The Kier molecular flexibility index (Phi) is 2.41. The molecule has 1 heterocycles. The molecule has 0 saturated heterocycles. The zero-order valence-corrected chi connectivity index (χ0v) is 8.40. The van der Waals surface area contributed by atoms with Crippen LogP contribution in [0, 0.1) is 0 Å². The number of carbonyl (C=O) groups excluding carboxylic acids is 2. The van der Waals surface area contributed by atoms with Crippen LogP contribution in [-0.2, 0) is 9.59 Å². The number of fused-ring (bicyclic) bond motifs is 1. The topological polar surface area (TPSA) is 46.6 Å². The van der Waals surface area contributed by atoms with Gasteiger partial charge in [0.1, 0.15) is 5.75 Å². The molecule has 0 bridgehead atoms. The molecule has 2 amide bonds. The molecule has 1 aromatic rings. The lowest BCUT2D eigenvalue weighted by molar-refractivity contribution is -0.128. The number of anilines is 1. The maximum atomic E-state index is 11.6. The van der Waals surface area contributed by atoms with E-state index in [0.717, 1.165) is 0 Å². The summed E-state index contributed by atoms with van der Waals surface area (Å²) in [4.78, 5) is 24.3. The first-order valence-electron chi connectivity index (χ1n) is 4.81. The predicted molar refractivity (Wildman–Crippen MR) is 54.7 cm³/mol. The number of para-hydroxylation sites is 2. The van der Waals surface area contributed by atoms with E-state index < -0.39 is 0 Å². The van der Waals surface area contributed by atoms with Gasteiger partial charge in [0.2, 0.25) is 5.91 Å². The van der Waals surface area contributed by atoms with Gasteiger partial charge in [0.25, 0.3) is 5.91 Å². The van der Waals surface area contributed by atoms with Crippen LogP contribution in [-0.4, -0.2) is 18.4 Å². The fraction of sp³-hybridized carbons (Fsp3) is 0.273. The van der Waals surface area contributed by atoms with Crippen LogP contribution < -0.4 is 9.64 Å². The molecular formula is C11H11NO3. The van der Waals surface area contributed by atoms with Gasteiger partial charge in [-0.05, 0) is 12.1 Å². The maximum absolute atomic E-state index is 11.6. The van der Waals surface area contributed by atoms with Gasteiger partial charge in [0.15, 0.2) is 6.61 Å². The number of hydrogen-bond donors (Lipinski definition) is 0. The molecule has 78 valence electrons. The summed E-state index contributed by atoms with van der Waals surface area (Å²) in [5.41, 5.74) is 0.542. The summed E-state index contributed by atoms with van der Waals surface area (Å²) in [5.74, 6) is 0.0789. The van der Waals surface area contributed by atoms with Gasteiger partial charge in [-0.3, -0.25) is 9.59 Å². The standard InChI is InChI=1S/C11H11NO3/c1-2-10(13)12-8-5-3-4-6-9(8)15-7-11(12)14/h3-6H,2,7H2,1H3. The molecule has 0 atom stereocenters. The van der Waals surface area contributed by atoms with Crippen LogP contribution in [0.15, 0.2) is 24.3 Å². The minimum absolute atomic E-state index is 0.0667. The molecule has 15 heavy (non-hydrogen) atoms. The molecule has 0 saturated carbocycles. The Labute approximate surface area is 87.4 Å².